The zero-order chi connectivity index (χ0) is 13.9. The maximum atomic E-state index is 11.7. The summed E-state index contributed by atoms with van der Waals surface area (Å²) in [4.78, 5) is 11.7. The molecule has 1 saturated carbocycles. The quantitative estimate of drug-likeness (QED) is 0.809. The normalized spacial score (nSPS) is 26.4. The van der Waals surface area contributed by atoms with E-state index in [-0.39, 0.29) is 6.09 Å². The van der Waals surface area contributed by atoms with Gasteiger partial charge in [0.05, 0.1) is 0 Å². The molecular formula is C15H28N2O2. The second-order valence-electron chi connectivity index (χ2n) is 7.08. The highest BCUT2D eigenvalue weighted by molar-refractivity contribution is 5.67. The molecule has 2 fully saturated rings. The second kappa shape index (κ2) is 5.70. The summed E-state index contributed by atoms with van der Waals surface area (Å²) in [5, 5.41) is 6.41. The fraction of sp³-hybridized carbons (Fsp3) is 0.933. The van der Waals surface area contributed by atoms with Gasteiger partial charge < -0.3 is 15.4 Å². The summed E-state index contributed by atoms with van der Waals surface area (Å²) in [6.07, 6.45) is 6.12. The Kier molecular flexibility index (Phi) is 4.39. The lowest BCUT2D eigenvalue weighted by atomic mass is 9.71. The number of hydrogen-bond acceptors (Lipinski definition) is 3. The number of piperidine rings is 1. The van der Waals surface area contributed by atoms with E-state index in [0.717, 1.165) is 19.6 Å². The lowest BCUT2D eigenvalue weighted by molar-refractivity contribution is 0.0492. The third-order valence-corrected chi connectivity index (χ3v) is 4.58. The van der Waals surface area contributed by atoms with Crippen LogP contribution in [0.25, 0.3) is 0 Å². The molecule has 2 aliphatic rings. The van der Waals surface area contributed by atoms with Crippen molar-refractivity contribution in [3.05, 3.63) is 0 Å². The van der Waals surface area contributed by atoms with Gasteiger partial charge in [-0.3, -0.25) is 0 Å². The average Bonchev–Trinajstić information content (AvgIpc) is 2.68. The molecule has 4 heteroatoms. The predicted octanol–water partition coefficient (Wildman–Crippen LogP) is 2.68. The van der Waals surface area contributed by atoms with E-state index in [1.54, 1.807) is 0 Å². The molecular weight excluding hydrogens is 240 g/mol. The molecule has 1 unspecified atom stereocenters. The van der Waals surface area contributed by atoms with Gasteiger partial charge in [-0.25, -0.2) is 4.79 Å². The van der Waals surface area contributed by atoms with Gasteiger partial charge in [-0.15, -0.1) is 0 Å². The number of carbonyl (C=O) groups excluding carboxylic acids is 1. The maximum absolute atomic E-state index is 11.7. The largest absolute Gasteiger partial charge is 0.444 e. The van der Waals surface area contributed by atoms with Gasteiger partial charge in [0.15, 0.2) is 0 Å². The zero-order valence-electron chi connectivity index (χ0n) is 12.6. The number of rotatable bonds is 2. The molecule has 0 radical (unpaired) electrons. The molecule has 1 aliphatic heterocycles. The van der Waals surface area contributed by atoms with Crippen LogP contribution in [0.15, 0.2) is 0 Å². The molecule has 0 aromatic carbocycles. The number of alkyl carbamates (subject to hydrolysis) is 1. The van der Waals surface area contributed by atoms with Gasteiger partial charge >= 0.3 is 6.09 Å². The molecule has 0 aromatic rings. The molecule has 4 nitrogen and oxygen atoms in total. The molecule has 1 heterocycles. The Morgan fingerprint density at radius 3 is 2.63 bits per heavy atom. The predicted molar refractivity (Wildman–Crippen MR) is 76.1 cm³/mol. The first kappa shape index (κ1) is 14.6. The number of carbonyl (C=O) groups is 1. The van der Waals surface area contributed by atoms with Gasteiger partial charge in [0, 0.05) is 6.54 Å². The molecule has 1 atom stereocenters. The summed E-state index contributed by atoms with van der Waals surface area (Å²) < 4.78 is 5.31. The Balaban J connectivity index is 1.83. The highest BCUT2D eigenvalue weighted by atomic mass is 16.6. The Morgan fingerprint density at radius 1 is 1.32 bits per heavy atom. The topological polar surface area (TPSA) is 50.4 Å². The average molecular weight is 268 g/mol. The molecule has 2 N–H and O–H groups in total. The standard InChI is InChI=1S/C15H28N2O2/c1-14(2,3)19-13(18)17-11-12-5-4-6-15(12)7-9-16-10-8-15/h12,16H,4-11H2,1-3H3,(H,17,18). The molecule has 19 heavy (non-hydrogen) atoms. The van der Waals surface area contributed by atoms with E-state index < -0.39 is 5.60 Å². The lowest BCUT2D eigenvalue weighted by Crippen LogP contribution is -2.43. The molecule has 110 valence electrons. The van der Waals surface area contributed by atoms with Gasteiger partial charge in [-0.05, 0) is 70.9 Å². The Morgan fingerprint density at radius 2 is 2.00 bits per heavy atom. The van der Waals surface area contributed by atoms with Crippen LogP contribution in [0.2, 0.25) is 0 Å². The number of hydrogen-bond donors (Lipinski definition) is 2. The maximum Gasteiger partial charge on any atom is 0.407 e. The van der Waals surface area contributed by atoms with Crippen molar-refractivity contribution in [3.8, 4) is 0 Å². The monoisotopic (exact) mass is 268 g/mol. The van der Waals surface area contributed by atoms with E-state index in [0.29, 0.717) is 11.3 Å². The third kappa shape index (κ3) is 3.85. The van der Waals surface area contributed by atoms with Gasteiger partial charge in [0.2, 0.25) is 0 Å². The summed E-state index contributed by atoms with van der Waals surface area (Å²) >= 11 is 0. The fourth-order valence-corrected chi connectivity index (χ4v) is 3.63. The van der Waals surface area contributed by atoms with Gasteiger partial charge in [0.1, 0.15) is 5.60 Å². The Labute approximate surface area is 116 Å². The minimum atomic E-state index is -0.411. The molecule has 0 bridgehead atoms. The van der Waals surface area contributed by atoms with Crippen molar-refractivity contribution in [1.82, 2.24) is 10.6 Å². The van der Waals surface area contributed by atoms with Crippen LogP contribution < -0.4 is 10.6 Å². The SMILES string of the molecule is CC(C)(C)OC(=O)NCC1CCCC12CCNCC2. The Hall–Kier alpha value is -0.770. The van der Waals surface area contributed by atoms with Crippen LogP contribution in [0.1, 0.15) is 52.9 Å². The number of amides is 1. The third-order valence-electron chi connectivity index (χ3n) is 4.58. The van der Waals surface area contributed by atoms with Crippen molar-refractivity contribution in [2.45, 2.75) is 58.5 Å². The molecule has 2 rings (SSSR count). The van der Waals surface area contributed by atoms with Crippen LogP contribution in [0.5, 0.6) is 0 Å². The highest BCUT2D eigenvalue weighted by Gasteiger charge is 2.43. The van der Waals surface area contributed by atoms with Crippen LogP contribution in [0.3, 0.4) is 0 Å². The van der Waals surface area contributed by atoms with E-state index >= 15 is 0 Å². The summed E-state index contributed by atoms with van der Waals surface area (Å²) in [6, 6.07) is 0. The summed E-state index contributed by atoms with van der Waals surface area (Å²) in [5.41, 5.74) is 0.0620. The summed E-state index contributed by atoms with van der Waals surface area (Å²) in [7, 11) is 0. The molecule has 1 spiro atoms. The molecule has 1 amide bonds. The van der Waals surface area contributed by atoms with Crippen molar-refractivity contribution in [2.24, 2.45) is 11.3 Å². The number of nitrogens with one attached hydrogen (secondary N) is 2. The fourth-order valence-electron chi connectivity index (χ4n) is 3.63. The van der Waals surface area contributed by atoms with Crippen molar-refractivity contribution < 1.29 is 9.53 Å². The van der Waals surface area contributed by atoms with Crippen LogP contribution >= 0.6 is 0 Å². The second-order valence-corrected chi connectivity index (χ2v) is 7.08. The van der Waals surface area contributed by atoms with Gasteiger partial charge in [-0.1, -0.05) is 6.42 Å². The van der Waals surface area contributed by atoms with E-state index in [4.69, 9.17) is 4.74 Å². The lowest BCUT2D eigenvalue weighted by Gasteiger charge is -2.39. The smallest absolute Gasteiger partial charge is 0.407 e. The summed E-state index contributed by atoms with van der Waals surface area (Å²) in [6.45, 7) is 8.73. The van der Waals surface area contributed by atoms with Crippen molar-refractivity contribution >= 4 is 6.09 Å². The van der Waals surface area contributed by atoms with Crippen molar-refractivity contribution in [2.75, 3.05) is 19.6 Å². The van der Waals surface area contributed by atoms with E-state index in [1.807, 2.05) is 20.8 Å². The molecule has 1 saturated heterocycles. The van der Waals surface area contributed by atoms with Crippen LogP contribution in [-0.2, 0) is 4.74 Å². The zero-order valence-corrected chi connectivity index (χ0v) is 12.6. The first-order valence-electron chi connectivity index (χ1n) is 7.59. The Bertz CT molecular complexity index is 317. The van der Waals surface area contributed by atoms with Crippen LogP contribution in [0, 0.1) is 11.3 Å². The van der Waals surface area contributed by atoms with E-state index in [2.05, 4.69) is 10.6 Å². The minimum absolute atomic E-state index is 0.275. The highest BCUT2D eigenvalue weighted by Crippen LogP contribution is 2.49. The molecule has 1 aliphatic carbocycles. The van der Waals surface area contributed by atoms with Crippen molar-refractivity contribution in [1.29, 1.82) is 0 Å². The number of ether oxygens (including phenoxy) is 1. The van der Waals surface area contributed by atoms with E-state index in [9.17, 15) is 4.79 Å². The summed E-state index contributed by atoms with van der Waals surface area (Å²) in [5.74, 6) is 0.627. The first-order chi connectivity index (χ1) is 8.91. The van der Waals surface area contributed by atoms with E-state index in [1.165, 1.54) is 32.1 Å². The van der Waals surface area contributed by atoms with Crippen molar-refractivity contribution in [3.63, 3.8) is 0 Å². The van der Waals surface area contributed by atoms with Crippen LogP contribution in [0.4, 0.5) is 4.79 Å². The van der Waals surface area contributed by atoms with Crippen LogP contribution in [-0.4, -0.2) is 31.3 Å². The van der Waals surface area contributed by atoms with Gasteiger partial charge in [0.25, 0.3) is 0 Å². The van der Waals surface area contributed by atoms with Gasteiger partial charge in [-0.2, -0.15) is 0 Å². The molecule has 0 aromatic heterocycles. The first-order valence-corrected chi connectivity index (χ1v) is 7.59. The minimum Gasteiger partial charge on any atom is -0.444 e.